The number of phenols is 2. The Kier molecular flexibility index (Phi) is 10.7. The van der Waals surface area contributed by atoms with Gasteiger partial charge in [0.05, 0.1) is 12.7 Å². The fraction of sp³-hybridized carbons (Fsp3) is 0.440. The van der Waals surface area contributed by atoms with Crippen molar-refractivity contribution in [2.45, 2.75) is 59.8 Å². The van der Waals surface area contributed by atoms with Crippen molar-refractivity contribution < 1.29 is 24.5 Å². The first kappa shape index (κ1) is 25.2. The molecule has 0 saturated carbocycles. The molecule has 0 radical (unpaired) electrons. The van der Waals surface area contributed by atoms with Crippen LogP contribution in [0.3, 0.4) is 0 Å². The van der Waals surface area contributed by atoms with Crippen molar-refractivity contribution in [2.75, 3.05) is 7.11 Å². The van der Waals surface area contributed by atoms with Crippen molar-refractivity contribution >= 4 is 11.8 Å². The number of phenolic OH excluding ortho intramolecular Hbond substituents is 2. The van der Waals surface area contributed by atoms with E-state index in [1.165, 1.54) is 30.4 Å². The first-order valence-electron chi connectivity index (χ1n) is 10.2. The molecule has 2 N–H and O–H groups in total. The molecule has 0 spiro atoms. The van der Waals surface area contributed by atoms with Gasteiger partial charge in [0.25, 0.3) is 0 Å². The highest BCUT2D eigenvalue weighted by molar-refractivity contribution is 6.10. The molecule has 0 bridgehead atoms. The smallest absolute Gasteiger partial charge is 0.316 e. The van der Waals surface area contributed by atoms with E-state index >= 15 is 0 Å². The SMILES string of the molecule is COC(=O)[C@@H](CC=C(C)CCC=C(C)CCC=C(C)C)C(=O)c1ccc(O)cc1O. The number of allylic oxidation sites excluding steroid dienone is 6. The number of Topliss-reactive ketones (excluding diaryl/α,β-unsaturated/α-hetero) is 1. The highest BCUT2D eigenvalue weighted by Gasteiger charge is 2.29. The van der Waals surface area contributed by atoms with Gasteiger partial charge in [-0.3, -0.25) is 9.59 Å². The second-order valence-corrected chi connectivity index (χ2v) is 7.84. The van der Waals surface area contributed by atoms with Crippen molar-refractivity contribution in [1.29, 1.82) is 0 Å². The van der Waals surface area contributed by atoms with Crippen LogP contribution in [0.1, 0.15) is 70.2 Å². The van der Waals surface area contributed by atoms with Crippen LogP contribution in [0.4, 0.5) is 0 Å². The van der Waals surface area contributed by atoms with E-state index in [-0.39, 0.29) is 23.5 Å². The summed E-state index contributed by atoms with van der Waals surface area (Å²) in [6, 6.07) is 3.69. The number of esters is 1. The fourth-order valence-corrected chi connectivity index (χ4v) is 3.03. The minimum Gasteiger partial charge on any atom is -0.508 e. The lowest BCUT2D eigenvalue weighted by atomic mass is 9.92. The molecule has 0 amide bonds. The number of aromatic hydroxyl groups is 2. The maximum Gasteiger partial charge on any atom is 0.316 e. The topological polar surface area (TPSA) is 83.8 Å². The summed E-state index contributed by atoms with van der Waals surface area (Å²) in [4.78, 5) is 24.9. The maximum atomic E-state index is 12.8. The van der Waals surface area contributed by atoms with Crippen LogP contribution in [0.25, 0.3) is 0 Å². The van der Waals surface area contributed by atoms with E-state index in [1.807, 2.05) is 13.0 Å². The lowest BCUT2D eigenvalue weighted by molar-refractivity contribution is -0.143. The maximum absolute atomic E-state index is 12.8. The van der Waals surface area contributed by atoms with Crippen LogP contribution in [0.2, 0.25) is 0 Å². The van der Waals surface area contributed by atoms with Gasteiger partial charge in [-0.05, 0) is 71.9 Å². The Bertz CT molecular complexity index is 826. The molecule has 0 unspecified atom stereocenters. The van der Waals surface area contributed by atoms with Gasteiger partial charge in [-0.2, -0.15) is 0 Å². The number of rotatable bonds is 11. The van der Waals surface area contributed by atoms with Crippen molar-refractivity contribution in [1.82, 2.24) is 0 Å². The van der Waals surface area contributed by atoms with Gasteiger partial charge in [0, 0.05) is 6.07 Å². The fourth-order valence-electron chi connectivity index (χ4n) is 3.03. The Hall–Kier alpha value is -2.82. The molecule has 1 aromatic rings. The van der Waals surface area contributed by atoms with Crippen molar-refractivity contribution in [2.24, 2.45) is 5.92 Å². The average molecular weight is 415 g/mol. The molecule has 0 heterocycles. The van der Waals surface area contributed by atoms with Crippen LogP contribution < -0.4 is 0 Å². The van der Waals surface area contributed by atoms with Gasteiger partial charge in [-0.15, -0.1) is 0 Å². The van der Waals surface area contributed by atoms with Crippen LogP contribution in [-0.2, 0) is 9.53 Å². The quantitative estimate of drug-likeness (QED) is 0.204. The van der Waals surface area contributed by atoms with Crippen LogP contribution in [0.15, 0.2) is 53.1 Å². The second-order valence-electron chi connectivity index (χ2n) is 7.84. The predicted octanol–water partition coefficient (Wildman–Crippen LogP) is 5.88. The summed E-state index contributed by atoms with van der Waals surface area (Å²) in [5, 5.41) is 19.3. The first-order chi connectivity index (χ1) is 14.1. The van der Waals surface area contributed by atoms with Crippen molar-refractivity contribution in [3.05, 3.63) is 58.7 Å². The summed E-state index contributed by atoms with van der Waals surface area (Å²) in [5.41, 5.74) is 3.76. The number of methoxy groups -OCH3 is 1. The van der Waals surface area contributed by atoms with E-state index in [0.717, 1.165) is 37.3 Å². The van der Waals surface area contributed by atoms with Crippen LogP contribution >= 0.6 is 0 Å². The molecule has 30 heavy (non-hydrogen) atoms. The van der Waals surface area contributed by atoms with E-state index in [9.17, 15) is 19.8 Å². The number of ketones is 1. The van der Waals surface area contributed by atoms with E-state index in [0.29, 0.717) is 0 Å². The zero-order chi connectivity index (χ0) is 22.7. The Morgan fingerprint density at radius 3 is 2.13 bits per heavy atom. The molecule has 0 aliphatic rings. The van der Waals surface area contributed by atoms with Gasteiger partial charge in [0.15, 0.2) is 5.78 Å². The number of benzene rings is 1. The molecule has 1 atom stereocenters. The number of carbonyl (C=O) groups excluding carboxylic acids is 2. The van der Waals surface area contributed by atoms with Gasteiger partial charge in [-0.25, -0.2) is 0 Å². The van der Waals surface area contributed by atoms with Gasteiger partial charge in [-0.1, -0.05) is 34.9 Å². The van der Waals surface area contributed by atoms with E-state index in [1.54, 1.807) is 0 Å². The molecule has 0 aromatic heterocycles. The van der Waals surface area contributed by atoms with Crippen LogP contribution in [0.5, 0.6) is 11.5 Å². The minimum absolute atomic E-state index is 0.0100. The largest absolute Gasteiger partial charge is 0.508 e. The van der Waals surface area contributed by atoms with E-state index in [4.69, 9.17) is 4.74 Å². The molecule has 1 aromatic carbocycles. The summed E-state index contributed by atoms with van der Waals surface area (Å²) >= 11 is 0. The molecule has 0 aliphatic carbocycles. The molecule has 0 aliphatic heterocycles. The summed E-state index contributed by atoms with van der Waals surface area (Å²) in [6.07, 6.45) is 10.4. The summed E-state index contributed by atoms with van der Waals surface area (Å²) in [7, 11) is 1.23. The zero-order valence-corrected chi connectivity index (χ0v) is 18.7. The first-order valence-corrected chi connectivity index (χ1v) is 10.2. The molecule has 1 rings (SSSR count). The Morgan fingerprint density at radius 2 is 1.57 bits per heavy atom. The third-order valence-corrected chi connectivity index (χ3v) is 4.87. The van der Waals surface area contributed by atoms with Crippen LogP contribution in [-0.4, -0.2) is 29.1 Å². The summed E-state index contributed by atoms with van der Waals surface area (Å²) < 4.78 is 4.78. The number of hydrogen-bond donors (Lipinski definition) is 2. The number of carbonyl (C=O) groups is 2. The van der Waals surface area contributed by atoms with Crippen molar-refractivity contribution in [3.8, 4) is 11.5 Å². The number of ether oxygens (including phenoxy) is 1. The standard InChI is InChI=1S/C25H34O5/c1-17(2)8-6-9-18(3)10-7-11-19(4)12-14-22(25(29)30-5)24(28)21-15-13-20(26)16-23(21)27/h8,10,12-13,15-16,22,26-27H,6-7,9,11,14H2,1-5H3/t22-/m0/s1. The molecular weight excluding hydrogens is 380 g/mol. The summed E-state index contributed by atoms with van der Waals surface area (Å²) in [5.74, 6) is -2.73. The Morgan fingerprint density at radius 1 is 0.967 bits per heavy atom. The average Bonchev–Trinajstić information content (AvgIpc) is 2.67. The van der Waals surface area contributed by atoms with E-state index in [2.05, 4.69) is 32.9 Å². The van der Waals surface area contributed by atoms with Crippen molar-refractivity contribution in [3.63, 3.8) is 0 Å². The third-order valence-electron chi connectivity index (χ3n) is 4.87. The van der Waals surface area contributed by atoms with Gasteiger partial charge in [0.2, 0.25) is 0 Å². The van der Waals surface area contributed by atoms with Gasteiger partial charge >= 0.3 is 5.97 Å². The van der Waals surface area contributed by atoms with Gasteiger partial charge in [0.1, 0.15) is 17.4 Å². The summed E-state index contributed by atoms with van der Waals surface area (Å²) in [6.45, 7) is 8.31. The highest BCUT2D eigenvalue weighted by atomic mass is 16.5. The second kappa shape index (κ2) is 12.7. The molecule has 164 valence electrons. The highest BCUT2D eigenvalue weighted by Crippen LogP contribution is 2.27. The zero-order valence-electron chi connectivity index (χ0n) is 18.7. The molecule has 0 fully saturated rings. The van der Waals surface area contributed by atoms with Gasteiger partial charge < -0.3 is 14.9 Å². The lowest BCUT2D eigenvalue weighted by Gasteiger charge is -2.13. The monoisotopic (exact) mass is 414 g/mol. The Labute approximate surface area is 179 Å². The molecule has 0 saturated heterocycles. The normalized spacial score (nSPS) is 13.0. The van der Waals surface area contributed by atoms with E-state index < -0.39 is 17.7 Å². The molecule has 5 nitrogen and oxygen atoms in total. The lowest BCUT2D eigenvalue weighted by Crippen LogP contribution is -2.25. The molecular formula is C25H34O5. The number of hydrogen-bond acceptors (Lipinski definition) is 5. The minimum atomic E-state index is -1.04. The molecule has 5 heteroatoms. The Balaban J connectivity index is 2.74. The predicted molar refractivity (Wildman–Crippen MR) is 120 cm³/mol. The third kappa shape index (κ3) is 8.68. The van der Waals surface area contributed by atoms with Crippen LogP contribution in [0, 0.1) is 5.92 Å².